The summed E-state index contributed by atoms with van der Waals surface area (Å²) in [5.41, 5.74) is 1.97. The molecular weight excluding hydrogens is 228 g/mol. The Morgan fingerprint density at radius 2 is 2.00 bits per heavy atom. The molecule has 0 aliphatic carbocycles. The van der Waals surface area contributed by atoms with E-state index >= 15 is 0 Å². The molecule has 18 heavy (non-hydrogen) atoms. The maximum absolute atomic E-state index is 12.0. The van der Waals surface area contributed by atoms with Gasteiger partial charge in [-0.25, -0.2) is 4.52 Å². The monoisotopic (exact) mass is 238 g/mol. The van der Waals surface area contributed by atoms with Gasteiger partial charge in [-0.1, -0.05) is 6.07 Å². The molecule has 0 aliphatic heterocycles. The Hall–Kier alpha value is -2.69. The van der Waals surface area contributed by atoms with Gasteiger partial charge in [-0.2, -0.15) is 5.10 Å². The molecule has 5 nitrogen and oxygen atoms in total. The Morgan fingerprint density at radius 3 is 2.78 bits per heavy atom. The highest BCUT2D eigenvalue weighted by atomic mass is 16.1. The summed E-state index contributed by atoms with van der Waals surface area (Å²) >= 11 is 0. The first-order chi connectivity index (χ1) is 8.83. The van der Waals surface area contributed by atoms with Crippen molar-refractivity contribution in [2.24, 2.45) is 0 Å². The molecule has 0 radical (unpaired) electrons. The molecule has 3 heterocycles. The van der Waals surface area contributed by atoms with Gasteiger partial charge >= 0.3 is 0 Å². The molecule has 1 amide bonds. The third-order valence-electron chi connectivity index (χ3n) is 2.54. The number of fused-ring (bicyclic) bond motifs is 1. The second kappa shape index (κ2) is 4.29. The Bertz CT molecular complexity index is 657. The van der Waals surface area contributed by atoms with Gasteiger partial charge in [-0.05, 0) is 30.3 Å². The van der Waals surface area contributed by atoms with Crippen LogP contribution in [0.2, 0.25) is 0 Å². The van der Waals surface area contributed by atoms with Crippen LogP contribution in [0.5, 0.6) is 0 Å². The van der Waals surface area contributed by atoms with Gasteiger partial charge in [-0.15, -0.1) is 0 Å². The maximum Gasteiger partial charge on any atom is 0.276 e. The van der Waals surface area contributed by atoms with Gasteiger partial charge in [-0.3, -0.25) is 9.78 Å². The van der Waals surface area contributed by atoms with Crippen LogP contribution in [-0.4, -0.2) is 20.5 Å². The number of hydrogen-bond acceptors (Lipinski definition) is 3. The van der Waals surface area contributed by atoms with Gasteiger partial charge < -0.3 is 5.32 Å². The molecular formula is C13H10N4O. The second-order valence-electron chi connectivity index (χ2n) is 3.79. The molecule has 0 bridgehead atoms. The minimum atomic E-state index is -0.232. The highest BCUT2D eigenvalue weighted by molar-refractivity contribution is 6.03. The number of rotatable bonds is 2. The fourth-order valence-corrected chi connectivity index (χ4v) is 1.68. The lowest BCUT2D eigenvalue weighted by atomic mass is 10.3. The fraction of sp³-hybridized carbons (Fsp3) is 0. The van der Waals surface area contributed by atoms with Crippen LogP contribution < -0.4 is 5.32 Å². The van der Waals surface area contributed by atoms with E-state index in [2.05, 4.69) is 15.4 Å². The number of pyridine rings is 2. The molecule has 3 aromatic heterocycles. The normalized spacial score (nSPS) is 10.4. The summed E-state index contributed by atoms with van der Waals surface area (Å²) in [5.74, 6) is -0.232. The smallest absolute Gasteiger partial charge is 0.276 e. The van der Waals surface area contributed by atoms with Gasteiger partial charge in [0.1, 0.15) is 0 Å². The molecule has 0 aliphatic rings. The van der Waals surface area contributed by atoms with Crippen molar-refractivity contribution < 1.29 is 4.79 Å². The van der Waals surface area contributed by atoms with Crippen molar-refractivity contribution in [1.29, 1.82) is 0 Å². The maximum atomic E-state index is 12.0. The third kappa shape index (κ3) is 1.93. The first-order valence-corrected chi connectivity index (χ1v) is 5.49. The predicted octanol–water partition coefficient (Wildman–Crippen LogP) is 1.98. The number of anilines is 1. The summed E-state index contributed by atoms with van der Waals surface area (Å²) in [5, 5.41) is 6.96. The van der Waals surface area contributed by atoms with Crippen LogP contribution in [0.3, 0.4) is 0 Å². The number of nitrogens with zero attached hydrogens (tertiary/aromatic N) is 3. The van der Waals surface area contributed by atoms with Crippen LogP contribution in [0, 0.1) is 0 Å². The largest absolute Gasteiger partial charge is 0.320 e. The molecule has 0 atom stereocenters. The van der Waals surface area contributed by atoms with Crippen LogP contribution in [0.4, 0.5) is 5.69 Å². The highest BCUT2D eigenvalue weighted by Crippen LogP contribution is 2.09. The van der Waals surface area contributed by atoms with Crippen molar-refractivity contribution in [2.45, 2.75) is 0 Å². The lowest BCUT2D eigenvalue weighted by Crippen LogP contribution is -2.12. The van der Waals surface area contributed by atoms with Crippen molar-refractivity contribution in [2.75, 3.05) is 5.32 Å². The lowest BCUT2D eigenvalue weighted by Gasteiger charge is -2.00. The Balaban J connectivity index is 1.88. The third-order valence-corrected chi connectivity index (χ3v) is 2.54. The van der Waals surface area contributed by atoms with Crippen LogP contribution in [0.25, 0.3) is 5.52 Å². The molecule has 0 spiro atoms. The standard InChI is InChI=1S/C13H10N4O/c18-13(15-10-4-6-14-7-5-10)12-9-11-3-1-2-8-17(11)16-12/h1-9H,(H,14,15,18). The molecule has 0 saturated carbocycles. The summed E-state index contributed by atoms with van der Waals surface area (Å²) in [7, 11) is 0. The average molecular weight is 238 g/mol. The Kier molecular flexibility index (Phi) is 2.49. The minimum Gasteiger partial charge on any atom is -0.320 e. The number of amides is 1. The quantitative estimate of drug-likeness (QED) is 0.742. The summed E-state index contributed by atoms with van der Waals surface area (Å²) < 4.78 is 1.67. The zero-order valence-corrected chi connectivity index (χ0v) is 9.45. The van der Waals surface area contributed by atoms with Crippen LogP contribution in [0.1, 0.15) is 10.5 Å². The second-order valence-corrected chi connectivity index (χ2v) is 3.79. The van der Waals surface area contributed by atoms with Crippen molar-refractivity contribution in [3.05, 3.63) is 60.7 Å². The van der Waals surface area contributed by atoms with Crippen LogP contribution >= 0.6 is 0 Å². The zero-order chi connectivity index (χ0) is 12.4. The van der Waals surface area contributed by atoms with E-state index in [0.717, 1.165) is 5.52 Å². The van der Waals surface area contributed by atoms with E-state index in [1.165, 1.54) is 0 Å². The topological polar surface area (TPSA) is 59.3 Å². The van der Waals surface area contributed by atoms with E-state index in [-0.39, 0.29) is 5.91 Å². The van der Waals surface area contributed by atoms with Gasteiger partial charge in [0, 0.05) is 24.3 Å². The van der Waals surface area contributed by atoms with Crippen molar-refractivity contribution >= 4 is 17.1 Å². The Labute approximate surface area is 103 Å². The summed E-state index contributed by atoms with van der Waals surface area (Å²) in [4.78, 5) is 15.9. The molecule has 0 aromatic carbocycles. The van der Waals surface area contributed by atoms with Gasteiger partial charge in [0.05, 0.1) is 5.52 Å². The summed E-state index contributed by atoms with van der Waals surface area (Å²) in [6.07, 6.45) is 5.05. The zero-order valence-electron chi connectivity index (χ0n) is 9.45. The summed E-state index contributed by atoms with van der Waals surface area (Å²) in [6, 6.07) is 10.9. The number of aromatic nitrogens is 3. The molecule has 0 unspecified atom stereocenters. The average Bonchev–Trinajstić information content (AvgIpc) is 2.84. The molecule has 5 heteroatoms. The van der Waals surface area contributed by atoms with E-state index < -0.39 is 0 Å². The molecule has 0 saturated heterocycles. The number of nitrogens with one attached hydrogen (secondary N) is 1. The number of carbonyl (C=O) groups is 1. The first-order valence-electron chi connectivity index (χ1n) is 5.49. The van der Waals surface area contributed by atoms with Gasteiger partial charge in [0.2, 0.25) is 0 Å². The molecule has 88 valence electrons. The van der Waals surface area contributed by atoms with Crippen molar-refractivity contribution in [3.63, 3.8) is 0 Å². The number of hydrogen-bond donors (Lipinski definition) is 1. The highest BCUT2D eigenvalue weighted by Gasteiger charge is 2.10. The molecule has 3 aromatic rings. The van der Waals surface area contributed by atoms with Crippen LogP contribution in [0.15, 0.2) is 55.0 Å². The summed E-state index contributed by atoms with van der Waals surface area (Å²) in [6.45, 7) is 0. The molecule has 0 fully saturated rings. The van der Waals surface area contributed by atoms with E-state index in [9.17, 15) is 4.79 Å². The first kappa shape index (κ1) is 10.5. The van der Waals surface area contributed by atoms with Crippen molar-refractivity contribution in [3.8, 4) is 0 Å². The van der Waals surface area contributed by atoms with E-state index in [1.54, 1.807) is 41.3 Å². The SMILES string of the molecule is O=C(Nc1ccncc1)c1cc2ccccn2n1. The van der Waals surface area contributed by atoms with Gasteiger partial charge in [0.25, 0.3) is 5.91 Å². The van der Waals surface area contributed by atoms with E-state index in [1.807, 2.05) is 18.2 Å². The Morgan fingerprint density at radius 1 is 1.17 bits per heavy atom. The minimum absolute atomic E-state index is 0.232. The molecule has 3 rings (SSSR count). The number of carbonyl (C=O) groups excluding carboxylic acids is 1. The van der Waals surface area contributed by atoms with Crippen LogP contribution in [-0.2, 0) is 0 Å². The van der Waals surface area contributed by atoms with E-state index in [0.29, 0.717) is 11.4 Å². The van der Waals surface area contributed by atoms with Gasteiger partial charge in [0.15, 0.2) is 5.69 Å². The molecule has 1 N–H and O–H groups in total. The van der Waals surface area contributed by atoms with Crippen molar-refractivity contribution in [1.82, 2.24) is 14.6 Å². The van der Waals surface area contributed by atoms with E-state index in [4.69, 9.17) is 0 Å². The lowest BCUT2D eigenvalue weighted by molar-refractivity contribution is 0.102. The fourth-order valence-electron chi connectivity index (χ4n) is 1.68. The predicted molar refractivity (Wildman–Crippen MR) is 67.4 cm³/mol.